The first-order chi connectivity index (χ1) is 9.60. The number of piperidine rings is 1. The Morgan fingerprint density at radius 3 is 2.45 bits per heavy atom. The molecular weight excluding hydrogens is 262 g/mol. The number of methoxy groups -OCH3 is 1. The molecule has 3 rings (SSSR count). The highest BCUT2D eigenvalue weighted by atomic mass is 16.5. The van der Waals surface area contributed by atoms with Crippen molar-refractivity contribution in [3.63, 3.8) is 0 Å². The van der Waals surface area contributed by atoms with Crippen molar-refractivity contribution in [2.75, 3.05) is 20.2 Å². The summed E-state index contributed by atoms with van der Waals surface area (Å²) >= 11 is 0. The van der Waals surface area contributed by atoms with Crippen molar-refractivity contribution in [3.8, 4) is 0 Å². The number of nitrogens with one attached hydrogen (secondary N) is 1. The highest BCUT2D eigenvalue weighted by Crippen LogP contribution is 2.36. The van der Waals surface area contributed by atoms with Gasteiger partial charge in [-0.25, -0.2) is 4.79 Å². The van der Waals surface area contributed by atoms with Crippen molar-refractivity contribution in [1.82, 2.24) is 15.1 Å². The van der Waals surface area contributed by atoms with Crippen LogP contribution in [0.3, 0.4) is 0 Å². The Bertz CT molecular complexity index is 423. The number of imide groups is 1. The van der Waals surface area contributed by atoms with Crippen molar-refractivity contribution >= 4 is 17.8 Å². The standard InChI is InChI=1S/C13H19N3O4/c1-20-10-4-8-2-3-9(5-10)16(8)12(18)7-15-11(17)6-14-13(15)19/h8-10H,2-7H2,1H3,(H,14,19)/t8-,9+,10?. The normalized spacial score (nSPS) is 32.8. The number of amides is 4. The molecule has 0 aromatic rings. The minimum atomic E-state index is -0.470. The minimum Gasteiger partial charge on any atom is -0.381 e. The highest BCUT2D eigenvalue weighted by Gasteiger charge is 2.44. The van der Waals surface area contributed by atoms with Gasteiger partial charge >= 0.3 is 6.03 Å². The summed E-state index contributed by atoms with van der Waals surface area (Å²) in [4.78, 5) is 38.3. The molecule has 0 aromatic heterocycles. The molecule has 3 fully saturated rings. The molecule has 0 aromatic carbocycles. The van der Waals surface area contributed by atoms with Gasteiger partial charge in [0.15, 0.2) is 0 Å². The van der Waals surface area contributed by atoms with Crippen LogP contribution >= 0.6 is 0 Å². The van der Waals surface area contributed by atoms with Crippen molar-refractivity contribution in [3.05, 3.63) is 0 Å². The maximum atomic E-state index is 12.4. The number of ether oxygens (including phenoxy) is 1. The van der Waals surface area contributed by atoms with E-state index in [2.05, 4.69) is 5.32 Å². The van der Waals surface area contributed by atoms with Crippen LogP contribution in [0, 0.1) is 0 Å². The van der Waals surface area contributed by atoms with E-state index in [4.69, 9.17) is 4.74 Å². The number of hydrogen-bond acceptors (Lipinski definition) is 4. The highest BCUT2D eigenvalue weighted by molar-refractivity contribution is 6.04. The maximum Gasteiger partial charge on any atom is 0.325 e. The van der Waals surface area contributed by atoms with Gasteiger partial charge in [-0.2, -0.15) is 0 Å². The predicted molar refractivity (Wildman–Crippen MR) is 68.8 cm³/mol. The number of fused-ring (bicyclic) bond motifs is 2. The summed E-state index contributed by atoms with van der Waals surface area (Å²) in [5.74, 6) is -0.458. The number of carbonyl (C=O) groups excluding carboxylic acids is 3. The molecule has 0 saturated carbocycles. The maximum absolute atomic E-state index is 12.4. The van der Waals surface area contributed by atoms with Crippen LogP contribution in [0.15, 0.2) is 0 Å². The van der Waals surface area contributed by atoms with Gasteiger partial charge in [0.1, 0.15) is 6.54 Å². The quantitative estimate of drug-likeness (QED) is 0.721. The molecule has 3 aliphatic rings. The van der Waals surface area contributed by atoms with Crippen LogP contribution in [0.25, 0.3) is 0 Å². The van der Waals surface area contributed by atoms with E-state index in [1.165, 1.54) is 0 Å². The van der Waals surface area contributed by atoms with Crippen LogP contribution in [-0.4, -0.2) is 66.0 Å². The monoisotopic (exact) mass is 281 g/mol. The lowest BCUT2D eigenvalue weighted by Gasteiger charge is -2.38. The van der Waals surface area contributed by atoms with E-state index in [1.54, 1.807) is 7.11 Å². The Kier molecular flexibility index (Phi) is 3.37. The Hall–Kier alpha value is -1.63. The van der Waals surface area contributed by atoms with E-state index in [9.17, 15) is 14.4 Å². The van der Waals surface area contributed by atoms with Crippen LogP contribution in [0.2, 0.25) is 0 Å². The molecule has 3 saturated heterocycles. The molecule has 3 heterocycles. The van der Waals surface area contributed by atoms with Crippen molar-refractivity contribution in [2.24, 2.45) is 0 Å². The third-order valence-electron chi connectivity index (χ3n) is 4.54. The van der Waals surface area contributed by atoms with E-state index < -0.39 is 6.03 Å². The van der Waals surface area contributed by atoms with E-state index in [-0.39, 0.29) is 43.1 Å². The molecule has 1 unspecified atom stereocenters. The van der Waals surface area contributed by atoms with Gasteiger partial charge in [-0.05, 0) is 25.7 Å². The van der Waals surface area contributed by atoms with Gasteiger partial charge < -0.3 is 15.0 Å². The fourth-order valence-electron chi connectivity index (χ4n) is 3.56. The zero-order chi connectivity index (χ0) is 14.3. The molecule has 2 bridgehead atoms. The lowest BCUT2D eigenvalue weighted by atomic mass is 9.99. The second-order valence-electron chi connectivity index (χ2n) is 5.65. The smallest absolute Gasteiger partial charge is 0.325 e. The van der Waals surface area contributed by atoms with Crippen LogP contribution < -0.4 is 5.32 Å². The average molecular weight is 281 g/mol. The summed E-state index contributed by atoms with van der Waals surface area (Å²) in [5.41, 5.74) is 0. The second kappa shape index (κ2) is 5.05. The van der Waals surface area contributed by atoms with E-state index in [1.807, 2.05) is 4.90 Å². The molecule has 7 heteroatoms. The van der Waals surface area contributed by atoms with E-state index >= 15 is 0 Å². The van der Waals surface area contributed by atoms with Gasteiger partial charge in [0.05, 0.1) is 12.6 Å². The summed E-state index contributed by atoms with van der Waals surface area (Å²) in [5, 5.41) is 2.43. The third-order valence-corrected chi connectivity index (χ3v) is 4.54. The Morgan fingerprint density at radius 2 is 1.95 bits per heavy atom. The minimum absolute atomic E-state index is 0.00921. The predicted octanol–water partition coefficient (Wildman–Crippen LogP) is -0.293. The van der Waals surface area contributed by atoms with Gasteiger partial charge in [-0.3, -0.25) is 14.5 Å². The summed E-state index contributed by atoms with van der Waals surface area (Å²) in [7, 11) is 1.70. The molecule has 0 spiro atoms. The number of nitrogens with zero attached hydrogens (tertiary/aromatic N) is 2. The molecule has 3 atom stereocenters. The molecular formula is C13H19N3O4. The SMILES string of the molecule is COC1C[C@H]2CC[C@@H](C1)N2C(=O)CN1C(=O)CNC1=O. The van der Waals surface area contributed by atoms with Gasteiger partial charge in [-0.15, -0.1) is 0 Å². The largest absolute Gasteiger partial charge is 0.381 e. The van der Waals surface area contributed by atoms with Crippen molar-refractivity contribution < 1.29 is 19.1 Å². The van der Waals surface area contributed by atoms with Crippen LogP contribution in [-0.2, 0) is 14.3 Å². The number of urea groups is 1. The first-order valence-electron chi connectivity index (χ1n) is 7.02. The van der Waals surface area contributed by atoms with Gasteiger partial charge in [-0.1, -0.05) is 0 Å². The number of hydrogen-bond donors (Lipinski definition) is 1. The van der Waals surface area contributed by atoms with Crippen molar-refractivity contribution in [2.45, 2.75) is 43.9 Å². The lowest BCUT2D eigenvalue weighted by molar-refractivity contribution is -0.141. The first kappa shape index (κ1) is 13.4. The molecule has 0 aliphatic carbocycles. The molecule has 110 valence electrons. The number of carbonyl (C=O) groups is 3. The zero-order valence-corrected chi connectivity index (χ0v) is 11.5. The molecule has 4 amide bonds. The fourth-order valence-corrected chi connectivity index (χ4v) is 3.56. The molecule has 7 nitrogen and oxygen atoms in total. The molecule has 3 aliphatic heterocycles. The number of rotatable bonds is 3. The van der Waals surface area contributed by atoms with Crippen LogP contribution in [0.5, 0.6) is 0 Å². The summed E-state index contributed by atoms with van der Waals surface area (Å²) < 4.78 is 5.40. The Morgan fingerprint density at radius 1 is 1.30 bits per heavy atom. The van der Waals surface area contributed by atoms with Crippen LogP contribution in [0.4, 0.5) is 4.79 Å². The van der Waals surface area contributed by atoms with Crippen molar-refractivity contribution in [1.29, 1.82) is 0 Å². The fraction of sp³-hybridized carbons (Fsp3) is 0.769. The molecule has 0 radical (unpaired) electrons. The first-order valence-corrected chi connectivity index (χ1v) is 7.02. The van der Waals surface area contributed by atoms with E-state index in [0.717, 1.165) is 30.6 Å². The topological polar surface area (TPSA) is 79.0 Å². The van der Waals surface area contributed by atoms with Gasteiger partial charge in [0.2, 0.25) is 5.91 Å². The second-order valence-corrected chi connectivity index (χ2v) is 5.65. The third kappa shape index (κ3) is 2.15. The molecule has 1 N–H and O–H groups in total. The Balaban J connectivity index is 1.66. The van der Waals surface area contributed by atoms with Gasteiger partial charge in [0, 0.05) is 19.2 Å². The average Bonchev–Trinajstić information content (AvgIpc) is 2.89. The lowest BCUT2D eigenvalue weighted by Crippen LogP contribution is -2.52. The summed E-state index contributed by atoms with van der Waals surface area (Å²) in [6.07, 6.45) is 3.87. The summed E-state index contributed by atoms with van der Waals surface area (Å²) in [6.45, 7) is -0.153. The zero-order valence-electron chi connectivity index (χ0n) is 11.5. The summed E-state index contributed by atoms with van der Waals surface area (Å²) in [6, 6.07) is -0.0959. The van der Waals surface area contributed by atoms with Gasteiger partial charge in [0.25, 0.3) is 5.91 Å². The molecule has 20 heavy (non-hydrogen) atoms. The van der Waals surface area contributed by atoms with Crippen LogP contribution in [0.1, 0.15) is 25.7 Å². The Labute approximate surface area is 117 Å². The van der Waals surface area contributed by atoms with E-state index in [0.29, 0.717) is 0 Å².